The van der Waals surface area contributed by atoms with Gasteiger partial charge in [-0.25, -0.2) is 4.58 Å². The number of rotatable bonds is 21. The zero-order chi connectivity index (χ0) is 34.4. The Morgan fingerprint density at radius 2 is 1.43 bits per heavy atom. The number of carbonyl (C=O) groups is 1. The number of ketones is 1. The Morgan fingerprint density at radius 3 is 1.94 bits per heavy atom. The summed E-state index contributed by atoms with van der Waals surface area (Å²) in [6, 6.07) is 4.82. The Hall–Kier alpha value is -2.95. The maximum Gasteiger partial charge on any atom is 0.264 e. The minimum Gasteiger partial charge on any atom is -0.508 e. The molecule has 4 N–H and O–H groups in total. The number of aliphatic hydroxyl groups excluding tert-OH is 2. The number of phenols is 1. The molecule has 1 aromatic carbocycles. The van der Waals surface area contributed by atoms with E-state index < -0.39 is 22.1 Å². The van der Waals surface area contributed by atoms with Gasteiger partial charge in [0.1, 0.15) is 24.6 Å². The molecule has 2 unspecified atom stereocenters. The van der Waals surface area contributed by atoms with Crippen LogP contribution in [0.5, 0.6) is 5.75 Å². The van der Waals surface area contributed by atoms with Gasteiger partial charge in [0.2, 0.25) is 5.71 Å². The number of hydrogen-bond donors (Lipinski definition) is 4. The highest BCUT2D eigenvalue weighted by molar-refractivity contribution is 7.85. The number of benzene rings is 1. The quantitative estimate of drug-likeness (QED) is 0.0474. The van der Waals surface area contributed by atoms with Gasteiger partial charge < -0.3 is 20.2 Å². The first kappa shape index (κ1) is 38.5. The van der Waals surface area contributed by atoms with Gasteiger partial charge in [0.15, 0.2) is 5.78 Å². The van der Waals surface area contributed by atoms with Crippen molar-refractivity contribution in [2.24, 2.45) is 0 Å². The molecule has 2 atom stereocenters. The third-order valence-corrected chi connectivity index (χ3v) is 10.1. The fraction of sp³-hybridized carbons (Fsp3) is 0.622. The van der Waals surface area contributed by atoms with Crippen molar-refractivity contribution in [2.45, 2.75) is 116 Å². The molecule has 0 bridgehead atoms. The Bertz CT molecular complexity index is 1410. The summed E-state index contributed by atoms with van der Waals surface area (Å²) in [5.41, 5.74) is 2.30. The molecular weight excluding hydrogens is 616 g/mol. The largest absolute Gasteiger partial charge is 0.508 e. The van der Waals surface area contributed by atoms with Crippen LogP contribution in [0, 0.1) is 0 Å². The topological polar surface area (TPSA) is 138 Å². The molecule has 1 saturated carbocycles. The molecule has 9 nitrogen and oxygen atoms in total. The van der Waals surface area contributed by atoms with E-state index in [0.717, 1.165) is 31.6 Å². The van der Waals surface area contributed by atoms with Gasteiger partial charge in [-0.1, -0.05) is 71.3 Å². The number of aromatic hydroxyl groups is 1. The van der Waals surface area contributed by atoms with Crippen molar-refractivity contribution in [1.29, 1.82) is 0 Å². The number of unbranched alkanes of at least 4 members (excludes halogenated alkanes) is 10. The molecule has 0 aliphatic heterocycles. The number of Topliss-reactive ketones (excluding diaryl/α,β-unsaturated/α-hetero) is 1. The van der Waals surface area contributed by atoms with E-state index in [1.165, 1.54) is 70.3 Å². The van der Waals surface area contributed by atoms with Crippen LogP contribution in [0.15, 0.2) is 53.3 Å². The van der Waals surface area contributed by atoms with Crippen molar-refractivity contribution in [2.75, 3.05) is 36.8 Å². The van der Waals surface area contributed by atoms with E-state index >= 15 is 0 Å². The molecule has 10 heteroatoms. The van der Waals surface area contributed by atoms with Gasteiger partial charge in [-0.2, -0.15) is 8.42 Å². The summed E-state index contributed by atoms with van der Waals surface area (Å²) in [5, 5.41) is 33.0. The van der Waals surface area contributed by atoms with Crippen LogP contribution in [0.1, 0.15) is 116 Å². The Morgan fingerprint density at radius 1 is 0.830 bits per heavy atom. The van der Waals surface area contributed by atoms with E-state index in [4.69, 9.17) is 4.55 Å². The first-order valence-electron chi connectivity index (χ1n) is 17.7. The SMILES string of the molecule is CCCCCCCC[N+](CCCCCCCC)=C1C=CC(=C2C(=O)C(c3ccc(N(CC)CCCS(=O)(=O)O)cc3O)C2O)C(O)=C1. The van der Waals surface area contributed by atoms with Crippen LogP contribution < -0.4 is 4.90 Å². The maximum atomic E-state index is 13.4. The van der Waals surface area contributed by atoms with Gasteiger partial charge in [0.05, 0.1) is 23.9 Å². The molecule has 262 valence electrons. The fourth-order valence-electron chi connectivity index (χ4n) is 6.51. The van der Waals surface area contributed by atoms with Gasteiger partial charge in [-0.3, -0.25) is 9.35 Å². The molecule has 1 aromatic rings. The van der Waals surface area contributed by atoms with E-state index in [1.54, 1.807) is 24.3 Å². The predicted octanol–water partition coefficient (Wildman–Crippen LogP) is 7.01. The molecule has 0 saturated heterocycles. The Labute approximate surface area is 282 Å². The van der Waals surface area contributed by atoms with Gasteiger partial charge in [-0.15, -0.1) is 0 Å². The number of aliphatic hydroxyl groups is 2. The lowest BCUT2D eigenvalue weighted by molar-refractivity contribution is -0.527. The second-order valence-corrected chi connectivity index (χ2v) is 14.5. The molecule has 0 aromatic heterocycles. The normalized spacial score (nSPS) is 19.6. The average Bonchev–Trinajstić information content (AvgIpc) is 3.03. The van der Waals surface area contributed by atoms with E-state index in [-0.39, 0.29) is 35.0 Å². The van der Waals surface area contributed by atoms with Gasteiger partial charge in [0, 0.05) is 60.5 Å². The summed E-state index contributed by atoms with van der Waals surface area (Å²) in [5.74, 6) is -1.85. The summed E-state index contributed by atoms with van der Waals surface area (Å²) in [4.78, 5) is 15.2. The summed E-state index contributed by atoms with van der Waals surface area (Å²) >= 11 is 0. The standard InChI is InChI=1S/C37H56N2O7S/c1-4-7-9-11-13-15-22-39(23-16-14-12-10-8-5-2)29-19-21-31(33(41)27-29)35-36(42)34(37(35)43)30-20-18-28(26-32(30)40)38(6-3)24-17-25-47(44,45)46/h18-21,26-27,34,36,42H,4-17,22-25H2,1-3H3,(H2,40,44,45,46)/p+1. The molecule has 0 amide bonds. The summed E-state index contributed by atoms with van der Waals surface area (Å²) < 4.78 is 33.5. The monoisotopic (exact) mass is 673 g/mol. The third-order valence-electron chi connectivity index (χ3n) is 9.29. The summed E-state index contributed by atoms with van der Waals surface area (Å²) in [7, 11) is -4.06. The lowest BCUT2D eigenvalue weighted by Gasteiger charge is -2.36. The number of hydrogen-bond acceptors (Lipinski definition) is 7. The average molecular weight is 674 g/mol. The summed E-state index contributed by atoms with van der Waals surface area (Å²) in [6.45, 7) is 9.03. The fourth-order valence-corrected chi connectivity index (χ4v) is 7.00. The van der Waals surface area contributed by atoms with Crippen LogP contribution in [-0.2, 0) is 14.9 Å². The lowest BCUT2D eigenvalue weighted by Crippen LogP contribution is -2.44. The minimum atomic E-state index is -4.06. The van der Waals surface area contributed by atoms with Crippen molar-refractivity contribution < 1.29 is 37.7 Å². The second-order valence-electron chi connectivity index (χ2n) is 12.9. The van der Waals surface area contributed by atoms with E-state index in [2.05, 4.69) is 18.4 Å². The highest BCUT2D eigenvalue weighted by Crippen LogP contribution is 2.45. The number of phenolic OH excluding ortho intramolecular Hbond substituents is 1. The van der Waals surface area contributed by atoms with Crippen molar-refractivity contribution in [3.05, 3.63) is 58.9 Å². The molecule has 0 radical (unpaired) electrons. The van der Waals surface area contributed by atoms with Crippen LogP contribution in [0.25, 0.3) is 0 Å². The second kappa shape index (κ2) is 19.1. The predicted molar refractivity (Wildman–Crippen MR) is 189 cm³/mol. The first-order valence-corrected chi connectivity index (χ1v) is 19.3. The number of carbonyl (C=O) groups excluding carboxylic acids is 1. The molecule has 2 aliphatic rings. The van der Waals surface area contributed by atoms with Crippen LogP contribution in [0.2, 0.25) is 0 Å². The highest BCUT2D eigenvalue weighted by Gasteiger charge is 2.48. The van der Waals surface area contributed by atoms with Crippen molar-refractivity contribution >= 4 is 27.3 Å². The van der Waals surface area contributed by atoms with E-state index in [0.29, 0.717) is 29.9 Å². The molecule has 0 heterocycles. The molecule has 1 fully saturated rings. The van der Waals surface area contributed by atoms with Gasteiger partial charge in [-0.05, 0) is 38.3 Å². The molecule has 3 rings (SSSR count). The van der Waals surface area contributed by atoms with Crippen LogP contribution >= 0.6 is 0 Å². The minimum absolute atomic E-state index is 0.0395. The highest BCUT2D eigenvalue weighted by atomic mass is 32.2. The Kier molecular flexibility index (Phi) is 15.7. The smallest absolute Gasteiger partial charge is 0.264 e. The number of nitrogens with zero attached hydrogens (tertiary/aromatic N) is 2. The van der Waals surface area contributed by atoms with Gasteiger partial charge >= 0.3 is 0 Å². The molecule has 47 heavy (non-hydrogen) atoms. The van der Waals surface area contributed by atoms with E-state index in [1.807, 2.05) is 17.9 Å². The van der Waals surface area contributed by atoms with Crippen LogP contribution in [0.3, 0.4) is 0 Å². The van der Waals surface area contributed by atoms with Crippen molar-refractivity contribution in [3.63, 3.8) is 0 Å². The lowest BCUT2D eigenvalue weighted by atomic mass is 9.69. The summed E-state index contributed by atoms with van der Waals surface area (Å²) in [6.07, 6.45) is 18.9. The molecular formula is C37H57N2O7S+. The third kappa shape index (κ3) is 11.3. The molecule has 0 spiro atoms. The maximum absolute atomic E-state index is 13.4. The van der Waals surface area contributed by atoms with Gasteiger partial charge in [0.25, 0.3) is 10.1 Å². The van der Waals surface area contributed by atoms with Crippen LogP contribution in [-0.4, -0.2) is 82.4 Å². The van der Waals surface area contributed by atoms with Crippen molar-refractivity contribution in [3.8, 4) is 5.75 Å². The Balaban J connectivity index is 1.73. The zero-order valence-electron chi connectivity index (χ0n) is 28.7. The number of allylic oxidation sites excluding steroid dienone is 3. The number of anilines is 1. The zero-order valence-corrected chi connectivity index (χ0v) is 29.5. The molecule has 2 aliphatic carbocycles. The van der Waals surface area contributed by atoms with Crippen molar-refractivity contribution in [1.82, 2.24) is 0 Å². The first-order chi connectivity index (χ1) is 22.5. The van der Waals surface area contributed by atoms with Crippen LogP contribution in [0.4, 0.5) is 5.69 Å². The van der Waals surface area contributed by atoms with E-state index in [9.17, 15) is 28.5 Å².